The highest BCUT2D eigenvalue weighted by atomic mass is 16.2. The van der Waals surface area contributed by atoms with Gasteiger partial charge >= 0.3 is 0 Å². The Bertz CT molecular complexity index is 1140. The summed E-state index contributed by atoms with van der Waals surface area (Å²) in [5.74, 6) is 0.336. The van der Waals surface area contributed by atoms with Crippen molar-refractivity contribution in [1.82, 2.24) is 29.4 Å². The minimum atomic E-state index is -0.252. The molecule has 2 fully saturated rings. The summed E-state index contributed by atoms with van der Waals surface area (Å²) in [5, 5.41) is 8.94. The van der Waals surface area contributed by atoms with E-state index < -0.39 is 0 Å². The summed E-state index contributed by atoms with van der Waals surface area (Å²) in [6.45, 7) is 5.59. The molecule has 8 heteroatoms. The zero-order chi connectivity index (χ0) is 19.4. The van der Waals surface area contributed by atoms with E-state index in [1.807, 2.05) is 29.3 Å². The minimum Gasteiger partial charge on any atom is -0.334 e. The zero-order valence-corrected chi connectivity index (χ0v) is 16.0. The maximum Gasteiger partial charge on any atom is 0.259 e. The monoisotopic (exact) mass is 378 g/mol. The smallest absolute Gasteiger partial charge is 0.259 e. The second-order valence-electron chi connectivity index (χ2n) is 7.74. The van der Waals surface area contributed by atoms with Crippen LogP contribution in [0.5, 0.6) is 0 Å². The van der Waals surface area contributed by atoms with Crippen LogP contribution in [0.15, 0.2) is 29.3 Å². The highest BCUT2D eigenvalue weighted by Crippen LogP contribution is 2.39. The van der Waals surface area contributed by atoms with Crippen LogP contribution < -0.4 is 5.43 Å². The summed E-state index contributed by atoms with van der Waals surface area (Å²) in [6.07, 6.45) is 6.02. The van der Waals surface area contributed by atoms with Gasteiger partial charge in [0.1, 0.15) is 11.2 Å². The van der Waals surface area contributed by atoms with Crippen LogP contribution in [-0.4, -0.2) is 48.4 Å². The summed E-state index contributed by atoms with van der Waals surface area (Å²) in [5.41, 5.74) is 2.47. The van der Waals surface area contributed by atoms with Gasteiger partial charge in [-0.05, 0) is 38.8 Å². The van der Waals surface area contributed by atoms with Crippen LogP contribution in [-0.2, 0) is 6.54 Å². The van der Waals surface area contributed by atoms with E-state index in [-0.39, 0.29) is 22.9 Å². The molecule has 8 nitrogen and oxygen atoms in total. The lowest BCUT2D eigenvalue weighted by atomic mass is 10.1. The number of nitrogens with zero attached hydrogens (tertiary/aromatic N) is 6. The minimum absolute atomic E-state index is 0.127. The normalized spacial score (nSPS) is 17.1. The summed E-state index contributed by atoms with van der Waals surface area (Å²) in [6, 6.07) is 3.69. The van der Waals surface area contributed by atoms with Crippen molar-refractivity contribution in [1.29, 1.82) is 0 Å². The Labute approximate surface area is 161 Å². The molecule has 1 saturated carbocycles. The first-order valence-corrected chi connectivity index (χ1v) is 9.77. The molecular formula is C20H22N6O2. The van der Waals surface area contributed by atoms with E-state index in [2.05, 4.69) is 15.3 Å². The molecule has 0 N–H and O–H groups in total. The zero-order valence-electron chi connectivity index (χ0n) is 16.0. The Morgan fingerprint density at radius 1 is 1.21 bits per heavy atom. The molecule has 1 aliphatic heterocycles. The number of pyridine rings is 2. The van der Waals surface area contributed by atoms with Crippen LogP contribution in [0.25, 0.3) is 11.0 Å². The second-order valence-corrected chi connectivity index (χ2v) is 7.74. The van der Waals surface area contributed by atoms with Gasteiger partial charge in [0.25, 0.3) is 5.91 Å². The van der Waals surface area contributed by atoms with Gasteiger partial charge in [0.05, 0.1) is 17.1 Å². The molecule has 0 atom stereocenters. The van der Waals surface area contributed by atoms with Crippen molar-refractivity contribution in [2.75, 3.05) is 13.1 Å². The number of hydrogen-bond donors (Lipinski definition) is 0. The van der Waals surface area contributed by atoms with E-state index in [0.29, 0.717) is 36.6 Å². The molecule has 5 rings (SSSR count). The van der Waals surface area contributed by atoms with E-state index in [9.17, 15) is 9.59 Å². The molecule has 0 spiro atoms. The van der Waals surface area contributed by atoms with Gasteiger partial charge in [-0.1, -0.05) is 5.21 Å². The molecular weight excluding hydrogens is 356 g/mol. The van der Waals surface area contributed by atoms with Gasteiger partial charge in [0, 0.05) is 43.6 Å². The van der Waals surface area contributed by atoms with Gasteiger partial charge in [-0.15, -0.1) is 5.10 Å². The lowest BCUT2D eigenvalue weighted by molar-refractivity contribution is 0.0496. The molecule has 2 aliphatic rings. The first kappa shape index (κ1) is 17.1. The Hall–Kier alpha value is -3.03. The molecule has 28 heavy (non-hydrogen) atoms. The number of hydrogen-bond acceptors (Lipinski definition) is 5. The highest BCUT2D eigenvalue weighted by Gasteiger charge is 2.35. The Balaban J connectivity index is 1.39. The van der Waals surface area contributed by atoms with Gasteiger partial charge in [-0.2, -0.15) is 0 Å². The summed E-state index contributed by atoms with van der Waals surface area (Å²) < 4.78 is 3.72. The van der Waals surface area contributed by atoms with Crippen molar-refractivity contribution in [3.63, 3.8) is 0 Å². The van der Waals surface area contributed by atoms with Crippen molar-refractivity contribution >= 4 is 16.9 Å². The van der Waals surface area contributed by atoms with Gasteiger partial charge in [0.15, 0.2) is 0 Å². The third-order valence-corrected chi connectivity index (χ3v) is 5.68. The van der Waals surface area contributed by atoms with Crippen LogP contribution in [0.3, 0.4) is 0 Å². The lowest BCUT2D eigenvalue weighted by Gasteiger charge is -2.38. The fourth-order valence-corrected chi connectivity index (χ4v) is 3.75. The third-order valence-electron chi connectivity index (χ3n) is 5.68. The number of likely N-dealkylation sites (tertiary alicyclic amines) is 1. The number of rotatable bonds is 4. The molecule has 0 bridgehead atoms. The first-order valence-electron chi connectivity index (χ1n) is 9.77. The van der Waals surface area contributed by atoms with Crippen LogP contribution in [0.1, 0.15) is 53.5 Å². The Morgan fingerprint density at radius 2 is 2.00 bits per heavy atom. The van der Waals surface area contributed by atoms with E-state index >= 15 is 0 Å². The van der Waals surface area contributed by atoms with Crippen LogP contribution >= 0.6 is 0 Å². The van der Waals surface area contributed by atoms with E-state index in [4.69, 9.17) is 0 Å². The second kappa shape index (κ2) is 6.25. The molecule has 1 amide bonds. The number of amides is 1. The van der Waals surface area contributed by atoms with Crippen molar-refractivity contribution in [3.05, 3.63) is 51.7 Å². The summed E-state index contributed by atoms with van der Waals surface area (Å²) in [7, 11) is 0. The molecule has 0 radical (unpaired) electrons. The molecule has 144 valence electrons. The van der Waals surface area contributed by atoms with E-state index in [1.165, 1.54) is 12.8 Å². The predicted octanol–water partition coefficient (Wildman–Crippen LogP) is 1.89. The summed E-state index contributed by atoms with van der Waals surface area (Å²) >= 11 is 0. The highest BCUT2D eigenvalue weighted by molar-refractivity contribution is 5.97. The largest absolute Gasteiger partial charge is 0.334 e. The van der Waals surface area contributed by atoms with Gasteiger partial charge in [-0.25, -0.2) is 9.67 Å². The topological polar surface area (TPSA) is 85.9 Å². The number of fused-ring (bicyclic) bond motifs is 1. The van der Waals surface area contributed by atoms with E-state index in [1.54, 1.807) is 23.2 Å². The van der Waals surface area contributed by atoms with Gasteiger partial charge in [0.2, 0.25) is 5.43 Å². The fourth-order valence-electron chi connectivity index (χ4n) is 3.75. The van der Waals surface area contributed by atoms with Crippen molar-refractivity contribution < 1.29 is 4.79 Å². The number of carbonyl (C=O) groups is 1. The molecule has 3 aromatic rings. The maximum atomic E-state index is 13.0. The number of aryl methyl sites for hydroxylation is 2. The van der Waals surface area contributed by atoms with Crippen LogP contribution in [0.2, 0.25) is 0 Å². The lowest BCUT2D eigenvalue weighted by Crippen LogP contribution is -2.51. The number of aromatic nitrogens is 5. The third kappa shape index (κ3) is 2.71. The first-order chi connectivity index (χ1) is 13.5. The molecule has 1 saturated heterocycles. The van der Waals surface area contributed by atoms with Crippen LogP contribution in [0, 0.1) is 6.92 Å². The number of carbonyl (C=O) groups excluding carboxylic acids is 1. The maximum absolute atomic E-state index is 13.0. The van der Waals surface area contributed by atoms with Crippen molar-refractivity contribution in [3.8, 4) is 0 Å². The quantitative estimate of drug-likeness (QED) is 0.692. The van der Waals surface area contributed by atoms with Crippen LogP contribution in [0.4, 0.5) is 0 Å². The molecule has 4 heterocycles. The SMILES string of the molecule is CCn1cc(C(=O)N2CC(n3cc(C4CC4)nn3)C2)c(=O)c2ccc(C)nc21. The standard InChI is InChI=1S/C20H22N6O2/c1-3-24-10-16(18(27)15-7-4-12(2)21-19(15)24)20(28)25-8-14(9-25)26-11-17(22-23-26)13-5-6-13/h4,7,10-11,13-14H,3,5-6,8-9H2,1-2H3. The van der Waals surface area contributed by atoms with Crippen molar-refractivity contribution in [2.45, 2.75) is 45.2 Å². The fraction of sp³-hybridized carbons (Fsp3) is 0.450. The molecule has 0 aromatic carbocycles. The predicted molar refractivity (Wildman–Crippen MR) is 103 cm³/mol. The van der Waals surface area contributed by atoms with Gasteiger partial charge < -0.3 is 9.47 Å². The average Bonchev–Trinajstić information content (AvgIpc) is 3.39. The Morgan fingerprint density at radius 3 is 2.71 bits per heavy atom. The van der Waals surface area contributed by atoms with Gasteiger partial charge in [-0.3, -0.25) is 9.59 Å². The molecule has 0 unspecified atom stereocenters. The van der Waals surface area contributed by atoms with E-state index in [0.717, 1.165) is 11.4 Å². The molecule has 3 aromatic heterocycles. The Kier molecular flexibility index (Phi) is 3.82. The average molecular weight is 378 g/mol. The summed E-state index contributed by atoms with van der Waals surface area (Å²) in [4.78, 5) is 32.1. The molecule has 1 aliphatic carbocycles. The van der Waals surface area contributed by atoms with Crippen molar-refractivity contribution in [2.24, 2.45) is 0 Å².